The molecule has 112 valence electrons. The van der Waals surface area contributed by atoms with Gasteiger partial charge in [0.25, 0.3) is 0 Å². The van der Waals surface area contributed by atoms with E-state index in [1.54, 1.807) is 0 Å². The molecule has 0 aliphatic carbocycles. The van der Waals surface area contributed by atoms with Crippen LogP contribution < -0.4 is 0 Å². The molecule has 0 amide bonds. The molecule has 1 saturated heterocycles. The van der Waals surface area contributed by atoms with Gasteiger partial charge >= 0.3 is 0 Å². The lowest BCUT2D eigenvalue weighted by atomic mass is 9.96. The Bertz CT molecular complexity index is 696. The van der Waals surface area contributed by atoms with E-state index in [0.29, 0.717) is 5.25 Å². The number of aryl methyl sites for hydroxylation is 1. The van der Waals surface area contributed by atoms with Gasteiger partial charge in [-0.15, -0.1) is 0 Å². The van der Waals surface area contributed by atoms with Crippen LogP contribution in [0.25, 0.3) is 0 Å². The van der Waals surface area contributed by atoms with Gasteiger partial charge in [0, 0.05) is 18.0 Å². The minimum absolute atomic E-state index is 0.0962. The molecule has 2 aliphatic heterocycles. The zero-order chi connectivity index (χ0) is 15.1. The van der Waals surface area contributed by atoms with Crippen molar-refractivity contribution in [2.75, 3.05) is 6.54 Å². The zero-order valence-corrected chi connectivity index (χ0v) is 13.6. The highest BCUT2D eigenvalue weighted by Crippen LogP contribution is 2.47. The van der Waals surface area contributed by atoms with Crippen molar-refractivity contribution in [2.45, 2.75) is 31.2 Å². The second-order valence-electron chi connectivity index (χ2n) is 6.05. The van der Waals surface area contributed by atoms with Crippen LogP contribution in [0, 0.1) is 6.92 Å². The molecule has 0 radical (unpaired) electrons. The summed E-state index contributed by atoms with van der Waals surface area (Å²) < 4.78 is 0. The Hall–Kier alpha value is -1.81. The quantitative estimate of drug-likeness (QED) is 0.840. The summed E-state index contributed by atoms with van der Waals surface area (Å²) in [6.45, 7) is 5.46. The molecule has 2 aromatic rings. The molecule has 1 fully saturated rings. The first kappa shape index (κ1) is 13.8. The molecule has 0 bridgehead atoms. The molecule has 0 spiro atoms. The third-order valence-corrected chi connectivity index (χ3v) is 5.40. The predicted molar refractivity (Wildman–Crippen MR) is 92.1 cm³/mol. The van der Waals surface area contributed by atoms with Crippen LogP contribution >= 0.6 is 11.8 Å². The molecular formula is C18H19N3S. The largest absolute Gasteiger partial charge is 0.341 e. The Morgan fingerprint density at radius 3 is 2.68 bits per heavy atom. The summed E-state index contributed by atoms with van der Waals surface area (Å²) in [5.41, 5.74) is 3.68. The van der Waals surface area contributed by atoms with Crippen molar-refractivity contribution in [1.29, 1.82) is 0 Å². The van der Waals surface area contributed by atoms with E-state index in [-0.39, 0.29) is 12.1 Å². The normalized spacial score (nSPS) is 26.9. The summed E-state index contributed by atoms with van der Waals surface area (Å²) in [4.78, 5) is 12.0. The Kier molecular flexibility index (Phi) is 3.41. The van der Waals surface area contributed by atoms with Crippen molar-refractivity contribution in [1.82, 2.24) is 9.88 Å². The van der Waals surface area contributed by atoms with Crippen LogP contribution in [0.5, 0.6) is 0 Å². The van der Waals surface area contributed by atoms with Crippen LogP contribution in [-0.2, 0) is 0 Å². The number of hydrogen-bond acceptors (Lipinski definition) is 4. The van der Waals surface area contributed by atoms with Crippen molar-refractivity contribution < 1.29 is 0 Å². The summed E-state index contributed by atoms with van der Waals surface area (Å²) in [5.74, 6) is 0. The first-order valence-electron chi connectivity index (χ1n) is 7.71. The van der Waals surface area contributed by atoms with Gasteiger partial charge < -0.3 is 4.90 Å². The number of aliphatic imine (C=N–C) groups is 1. The number of hydrogen-bond donors (Lipinski definition) is 0. The van der Waals surface area contributed by atoms with Crippen LogP contribution in [0.2, 0.25) is 0 Å². The third-order valence-electron chi connectivity index (χ3n) is 4.30. The molecule has 0 unspecified atom stereocenters. The van der Waals surface area contributed by atoms with E-state index < -0.39 is 0 Å². The van der Waals surface area contributed by atoms with Crippen LogP contribution in [-0.4, -0.2) is 26.8 Å². The molecule has 1 aromatic carbocycles. The fraction of sp³-hybridized carbons (Fsp3) is 0.333. The van der Waals surface area contributed by atoms with Crippen molar-refractivity contribution >= 4 is 16.9 Å². The number of rotatable bonds is 2. The molecule has 22 heavy (non-hydrogen) atoms. The lowest BCUT2D eigenvalue weighted by molar-refractivity contribution is 0.321. The standard InChI is InChI=1S/C18H19N3S/c1-12-6-8-14(9-7-12)17-16(15-5-3-4-10-19-15)20-18-21(17)11-13(2)22-18/h3-10,13,16-17H,11H2,1-2H3/t13-,16+,17+/m0/s1. The summed E-state index contributed by atoms with van der Waals surface area (Å²) in [7, 11) is 0. The van der Waals surface area contributed by atoms with Gasteiger partial charge in [0.1, 0.15) is 6.04 Å². The van der Waals surface area contributed by atoms with Gasteiger partial charge in [0.05, 0.1) is 11.7 Å². The Morgan fingerprint density at radius 2 is 1.95 bits per heavy atom. The smallest absolute Gasteiger partial charge is 0.160 e. The van der Waals surface area contributed by atoms with Gasteiger partial charge in [-0.05, 0) is 24.6 Å². The van der Waals surface area contributed by atoms with Crippen LogP contribution in [0.1, 0.15) is 35.8 Å². The number of aromatic nitrogens is 1. The lowest BCUT2D eigenvalue weighted by Gasteiger charge is -2.27. The minimum atomic E-state index is 0.0962. The molecular weight excluding hydrogens is 290 g/mol. The maximum Gasteiger partial charge on any atom is 0.160 e. The number of pyridine rings is 1. The fourth-order valence-electron chi connectivity index (χ4n) is 3.24. The first-order chi connectivity index (χ1) is 10.7. The number of amidine groups is 1. The third kappa shape index (κ3) is 2.31. The van der Waals surface area contributed by atoms with E-state index in [2.05, 4.69) is 54.1 Å². The highest BCUT2D eigenvalue weighted by atomic mass is 32.2. The molecule has 3 atom stereocenters. The van der Waals surface area contributed by atoms with Gasteiger partial charge in [-0.2, -0.15) is 0 Å². The van der Waals surface area contributed by atoms with E-state index in [1.807, 2.05) is 30.1 Å². The minimum Gasteiger partial charge on any atom is -0.341 e. The van der Waals surface area contributed by atoms with E-state index in [9.17, 15) is 0 Å². The van der Waals surface area contributed by atoms with Crippen molar-refractivity contribution in [3.8, 4) is 0 Å². The molecule has 0 saturated carbocycles. The average Bonchev–Trinajstić information content (AvgIpc) is 3.05. The van der Waals surface area contributed by atoms with Crippen LogP contribution in [0.3, 0.4) is 0 Å². The number of nitrogens with zero attached hydrogens (tertiary/aromatic N) is 3. The number of thioether (sulfide) groups is 1. The predicted octanol–water partition coefficient (Wildman–Crippen LogP) is 3.98. The molecule has 1 aromatic heterocycles. The first-order valence-corrected chi connectivity index (χ1v) is 8.59. The second kappa shape index (κ2) is 5.43. The van der Waals surface area contributed by atoms with Crippen LogP contribution in [0.15, 0.2) is 53.7 Å². The molecule has 0 N–H and O–H groups in total. The van der Waals surface area contributed by atoms with E-state index in [0.717, 1.165) is 12.2 Å². The average molecular weight is 309 g/mol. The summed E-state index contributed by atoms with van der Waals surface area (Å²) in [6, 6.07) is 15.3. The molecule has 2 aliphatic rings. The Balaban J connectivity index is 1.76. The highest BCUT2D eigenvalue weighted by Gasteiger charge is 2.43. The SMILES string of the molecule is Cc1ccc([C@@H]2[C@@H](c3ccccn3)N=C3S[C@@H](C)CN32)cc1. The number of fused-ring (bicyclic) bond motifs is 1. The van der Waals surface area contributed by atoms with Gasteiger partial charge in [-0.1, -0.05) is 54.6 Å². The van der Waals surface area contributed by atoms with Crippen molar-refractivity contribution in [3.63, 3.8) is 0 Å². The highest BCUT2D eigenvalue weighted by molar-refractivity contribution is 8.14. The Morgan fingerprint density at radius 1 is 1.14 bits per heavy atom. The monoisotopic (exact) mass is 309 g/mol. The van der Waals surface area contributed by atoms with Gasteiger partial charge in [0.2, 0.25) is 0 Å². The van der Waals surface area contributed by atoms with Crippen LogP contribution in [0.4, 0.5) is 0 Å². The molecule has 4 rings (SSSR count). The van der Waals surface area contributed by atoms with Crippen molar-refractivity contribution in [2.24, 2.45) is 4.99 Å². The van der Waals surface area contributed by atoms with E-state index in [4.69, 9.17) is 4.99 Å². The molecule has 4 heteroatoms. The molecule has 3 nitrogen and oxygen atoms in total. The van der Waals surface area contributed by atoms with Gasteiger partial charge in [-0.25, -0.2) is 0 Å². The van der Waals surface area contributed by atoms with Crippen molar-refractivity contribution in [3.05, 3.63) is 65.5 Å². The van der Waals surface area contributed by atoms with E-state index >= 15 is 0 Å². The summed E-state index contributed by atoms with van der Waals surface area (Å²) in [5, 5.41) is 1.78. The maximum absolute atomic E-state index is 4.99. The maximum atomic E-state index is 4.99. The number of benzene rings is 1. The zero-order valence-electron chi connectivity index (χ0n) is 12.8. The topological polar surface area (TPSA) is 28.5 Å². The van der Waals surface area contributed by atoms with Gasteiger partial charge in [0.15, 0.2) is 5.17 Å². The Labute approximate surface area is 135 Å². The van der Waals surface area contributed by atoms with Gasteiger partial charge in [-0.3, -0.25) is 9.98 Å². The fourth-order valence-corrected chi connectivity index (χ4v) is 4.33. The van der Waals surface area contributed by atoms with E-state index in [1.165, 1.54) is 16.3 Å². The summed E-state index contributed by atoms with van der Waals surface area (Å²) >= 11 is 1.88. The second-order valence-corrected chi connectivity index (χ2v) is 7.45. The lowest BCUT2D eigenvalue weighted by Crippen LogP contribution is -2.28. The molecule has 3 heterocycles. The summed E-state index contributed by atoms with van der Waals surface area (Å²) in [6.07, 6.45) is 1.86.